The molecule has 0 bridgehead atoms. The van der Waals surface area contributed by atoms with E-state index in [1.54, 1.807) is 7.11 Å². The summed E-state index contributed by atoms with van der Waals surface area (Å²) in [5.41, 5.74) is 3.97. The summed E-state index contributed by atoms with van der Waals surface area (Å²) in [5.74, 6) is 2.15. The van der Waals surface area contributed by atoms with Crippen LogP contribution in [0.25, 0.3) is 0 Å². The minimum absolute atomic E-state index is 0.482. The monoisotopic (exact) mass is 269 g/mol. The molecule has 0 radical (unpaired) electrons. The zero-order chi connectivity index (χ0) is 13.5. The van der Waals surface area contributed by atoms with E-state index in [9.17, 15) is 0 Å². The molecule has 0 aromatic heterocycles. The van der Waals surface area contributed by atoms with E-state index in [1.165, 1.54) is 16.7 Å². The summed E-state index contributed by atoms with van der Waals surface area (Å²) >= 11 is 5.64. The van der Waals surface area contributed by atoms with Gasteiger partial charge in [0.2, 0.25) is 0 Å². The molecule has 0 amide bonds. The van der Waals surface area contributed by atoms with Crippen molar-refractivity contribution in [2.45, 2.75) is 33.1 Å². The van der Waals surface area contributed by atoms with Crippen molar-refractivity contribution in [1.82, 2.24) is 5.32 Å². The van der Waals surface area contributed by atoms with Gasteiger partial charge in [0.1, 0.15) is 5.75 Å². The zero-order valence-electron chi connectivity index (χ0n) is 11.8. The molecule has 0 saturated heterocycles. The van der Waals surface area contributed by atoms with Gasteiger partial charge in [-0.05, 0) is 48.6 Å². The Balaban J connectivity index is 2.81. The largest absolute Gasteiger partial charge is 0.496 e. The van der Waals surface area contributed by atoms with Crippen LogP contribution in [0.5, 0.6) is 5.75 Å². The van der Waals surface area contributed by atoms with Crippen LogP contribution in [0.4, 0.5) is 0 Å². The molecule has 1 aromatic carbocycles. The summed E-state index contributed by atoms with van der Waals surface area (Å²) in [6, 6.07) is 4.42. The first-order chi connectivity index (χ1) is 8.60. The van der Waals surface area contributed by atoms with Gasteiger partial charge in [-0.2, -0.15) is 0 Å². The average molecular weight is 270 g/mol. The van der Waals surface area contributed by atoms with Crippen LogP contribution in [0.2, 0.25) is 0 Å². The molecule has 0 aliphatic rings. The SMILES string of the molecule is COc1cc(C)c(CCNCCCl)cc1C(C)C. The zero-order valence-corrected chi connectivity index (χ0v) is 12.6. The Bertz CT molecular complexity index is 377. The molecule has 0 spiro atoms. The van der Waals surface area contributed by atoms with Crippen LogP contribution in [0.3, 0.4) is 0 Å². The lowest BCUT2D eigenvalue weighted by molar-refractivity contribution is 0.407. The minimum Gasteiger partial charge on any atom is -0.496 e. The molecule has 0 aliphatic heterocycles. The first-order valence-corrected chi connectivity index (χ1v) is 7.07. The maximum absolute atomic E-state index is 5.64. The average Bonchev–Trinajstić information content (AvgIpc) is 2.35. The quantitative estimate of drug-likeness (QED) is 0.604. The van der Waals surface area contributed by atoms with Crippen LogP contribution in [-0.4, -0.2) is 26.1 Å². The first kappa shape index (κ1) is 15.3. The van der Waals surface area contributed by atoms with Gasteiger partial charge in [-0.3, -0.25) is 0 Å². The molecule has 1 aromatic rings. The van der Waals surface area contributed by atoms with Crippen LogP contribution >= 0.6 is 11.6 Å². The number of methoxy groups -OCH3 is 1. The predicted octanol–water partition coefficient (Wildman–Crippen LogP) is 3.50. The van der Waals surface area contributed by atoms with Crippen LogP contribution in [0, 0.1) is 6.92 Å². The number of nitrogens with one attached hydrogen (secondary N) is 1. The molecule has 18 heavy (non-hydrogen) atoms. The van der Waals surface area contributed by atoms with Crippen molar-refractivity contribution >= 4 is 11.6 Å². The van der Waals surface area contributed by atoms with Crippen molar-refractivity contribution in [3.8, 4) is 5.75 Å². The highest BCUT2D eigenvalue weighted by atomic mass is 35.5. The van der Waals surface area contributed by atoms with Crippen molar-refractivity contribution in [3.05, 3.63) is 28.8 Å². The maximum Gasteiger partial charge on any atom is 0.122 e. The van der Waals surface area contributed by atoms with Crippen molar-refractivity contribution in [2.24, 2.45) is 0 Å². The molecule has 1 rings (SSSR count). The van der Waals surface area contributed by atoms with E-state index < -0.39 is 0 Å². The third-order valence-electron chi connectivity index (χ3n) is 3.15. The van der Waals surface area contributed by atoms with E-state index in [0.29, 0.717) is 11.8 Å². The molecule has 1 N–H and O–H groups in total. The summed E-state index contributed by atoms with van der Waals surface area (Å²) in [5, 5.41) is 3.32. The Labute approximate surface area is 116 Å². The third kappa shape index (κ3) is 4.18. The summed E-state index contributed by atoms with van der Waals surface area (Å²) in [6.07, 6.45) is 1.03. The Kier molecular flexibility index (Phi) is 6.51. The van der Waals surface area contributed by atoms with Crippen molar-refractivity contribution in [3.63, 3.8) is 0 Å². The minimum atomic E-state index is 0.482. The molecular formula is C15H24ClNO. The van der Waals surface area contributed by atoms with Gasteiger partial charge in [-0.15, -0.1) is 11.6 Å². The number of halogens is 1. The van der Waals surface area contributed by atoms with E-state index in [4.69, 9.17) is 16.3 Å². The van der Waals surface area contributed by atoms with Gasteiger partial charge < -0.3 is 10.1 Å². The smallest absolute Gasteiger partial charge is 0.122 e. The van der Waals surface area contributed by atoms with Crippen LogP contribution in [-0.2, 0) is 6.42 Å². The second-order valence-corrected chi connectivity index (χ2v) is 5.24. The fourth-order valence-electron chi connectivity index (χ4n) is 2.06. The summed E-state index contributed by atoms with van der Waals surface area (Å²) in [4.78, 5) is 0. The highest BCUT2D eigenvalue weighted by Gasteiger charge is 2.10. The highest BCUT2D eigenvalue weighted by molar-refractivity contribution is 6.18. The summed E-state index contributed by atoms with van der Waals surface area (Å²) in [7, 11) is 1.74. The van der Waals surface area contributed by atoms with Gasteiger partial charge in [0, 0.05) is 12.4 Å². The highest BCUT2D eigenvalue weighted by Crippen LogP contribution is 2.29. The number of aryl methyl sites for hydroxylation is 1. The fraction of sp³-hybridized carbons (Fsp3) is 0.600. The Morgan fingerprint density at radius 3 is 2.56 bits per heavy atom. The van der Waals surface area contributed by atoms with Crippen molar-refractivity contribution < 1.29 is 4.74 Å². The standard InChI is InChI=1S/C15H24ClNO/c1-11(2)14-10-13(5-7-17-8-6-16)12(3)9-15(14)18-4/h9-11,17H,5-8H2,1-4H3. The normalized spacial score (nSPS) is 11.0. The van der Waals surface area contributed by atoms with Gasteiger partial charge in [0.05, 0.1) is 7.11 Å². The molecule has 0 saturated carbocycles. The maximum atomic E-state index is 5.64. The number of hydrogen-bond acceptors (Lipinski definition) is 2. The number of benzene rings is 1. The molecule has 0 unspecified atom stereocenters. The van der Waals surface area contributed by atoms with Crippen molar-refractivity contribution in [2.75, 3.05) is 26.1 Å². The summed E-state index contributed by atoms with van der Waals surface area (Å²) in [6.45, 7) is 8.38. The lowest BCUT2D eigenvalue weighted by Gasteiger charge is -2.16. The van der Waals surface area contributed by atoms with Crippen LogP contribution in [0.1, 0.15) is 36.5 Å². The molecule has 0 fully saturated rings. The van der Waals surface area contributed by atoms with Crippen LogP contribution in [0.15, 0.2) is 12.1 Å². The van der Waals surface area contributed by atoms with Gasteiger partial charge >= 0.3 is 0 Å². The van der Waals surface area contributed by atoms with Gasteiger partial charge in [-0.1, -0.05) is 19.9 Å². The van der Waals surface area contributed by atoms with E-state index >= 15 is 0 Å². The topological polar surface area (TPSA) is 21.3 Å². The van der Waals surface area contributed by atoms with E-state index in [2.05, 4.69) is 38.2 Å². The fourth-order valence-corrected chi connectivity index (χ4v) is 2.19. The second-order valence-electron chi connectivity index (χ2n) is 4.86. The molecular weight excluding hydrogens is 246 g/mol. The molecule has 0 heterocycles. The number of alkyl halides is 1. The molecule has 102 valence electrons. The lowest BCUT2D eigenvalue weighted by Crippen LogP contribution is -2.19. The van der Waals surface area contributed by atoms with E-state index in [0.717, 1.165) is 25.3 Å². The van der Waals surface area contributed by atoms with E-state index in [1.807, 2.05) is 0 Å². The predicted molar refractivity (Wildman–Crippen MR) is 79.1 cm³/mol. The van der Waals surface area contributed by atoms with Gasteiger partial charge in [-0.25, -0.2) is 0 Å². The van der Waals surface area contributed by atoms with Gasteiger partial charge in [0.25, 0.3) is 0 Å². The first-order valence-electron chi connectivity index (χ1n) is 6.54. The molecule has 3 heteroatoms. The van der Waals surface area contributed by atoms with E-state index in [-0.39, 0.29) is 0 Å². The Morgan fingerprint density at radius 2 is 2.00 bits per heavy atom. The van der Waals surface area contributed by atoms with Crippen molar-refractivity contribution in [1.29, 1.82) is 0 Å². The van der Waals surface area contributed by atoms with Crippen LogP contribution < -0.4 is 10.1 Å². The summed E-state index contributed by atoms with van der Waals surface area (Å²) < 4.78 is 5.45. The molecule has 0 aliphatic carbocycles. The molecule has 2 nitrogen and oxygen atoms in total. The Hall–Kier alpha value is -0.730. The van der Waals surface area contributed by atoms with Gasteiger partial charge in [0.15, 0.2) is 0 Å². The lowest BCUT2D eigenvalue weighted by atomic mass is 9.95. The third-order valence-corrected chi connectivity index (χ3v) is 3.34. The Morgan fingerprint density at radius 1 is 1.28 bits per heavy atom. The second kappa shape index (κ2) is 7.65. The number of hydrogen-bond donors (Lipinski definition) is 1. The number of rotatable bonds is 7. The number of ether oxygens (including phenoxy) is 1. The molecule has 0 atom stereocenters.